The molecule has 130 valence electrons. The van der Waals surface area contributed by atoms with E-state index in [1.807, 2.05) is 0 Å². The van der Waals surface area contributed by atoms with Gasteiger partial charge in [-0.15, -0.1) is 0 Å². The molecule has 0 N–H and O–H groups in total. The zero-order valence-electron chi connectivity index (χ0n) is 14.4. The number of carbonyl (C=O) groups excluding carboxylic acids is 2. The van der Waals surface area contributed by atoms with Gasteiger partial charge in [0.1, 0.15) is 12.2 Å². The number of hydrogen-bond donors (Lipinski definition) is 0. The van der Waals surface area contributed by atoms with E-state index in [2.05, 4.69) is 13.8 Å². The summed E-state index contributed by atoms with van der Waals surface area (Å²) in [5.74, 6) is -0.144. The maximum Gasteiger partial charge on any atom is 0.320 e. The van der Waals surface area contributed by atoms with Crippen LogP contribution in [0.4, 0.5) is 0 Å². The molecule has 5 nitrogen and oxygen atoms in total. The average molecular weight is 334 g/mol. The minimum absolute atomic E-state index is 0.0719. The number of ketones is 2. The predicted octanol–water partition coefficient (Wildman–Crippen LogP) is 4.49. The molecule has 0 aliphatic heterocycles. The van der Waals surface area contributed by atoms with E-state index >= 15 is 0 Å². The highest BCUT2D eigenvalue weighted by molar-refractivity contribution is 7.33. The van der Waals surface area contributed by atoms with Crippen LogP contribution in [0.1, 0.15) is 79.1 Å². The van der Waals surface area contributed by atoms with Crippen LogP contribution in [0.5, 0.6) is 0 Å². The van der Waals surface area contributed by atoms with Crippen LogP contribution in [0.3, 0.4) is 0 Å². The van der Waals surface area contributed by atoms with E-state index in [1.54, 1.807) is 13.8 Å². The molecule has 0 saturated heterocycles. The van der Waals surface area contributed by atoms with Crippen molar-refractivity contribution in [1.82, 2.24) is 0 Å². The summed E-state index contributed by atoms with van der Waals surface area (Å²) in [6.45, 7) is 7.29. The molecule has 2 unspecified atom stereocenters. The summed E-state index contributed by atoms with van der Waals surface area (Å²) >= 11 is 0. The van der Waals surface area contributed by atoms with Crippen molar-refractivity contribution in [2.45, 2.75) is 91.3 Å². The molecular formula is C16H31O5P. The van der Waals surface area contributed by atoms with Crippen molar-refractivity contribution in [2.75, 3.05) is 0 Å². The molecule has 0 amide bonds. The van der Waals surface area contributed by atoms with Crippen molar-refractivity contribution >= 4 is 19.8 Å². The van der Waals surface area contributed by atoms with E-state index in [0.717, 1.165) is 38.5 Å². The SMILES string of the molecule is CCCCCC(=O)C(C)O[PH](=O)OC(C)C(=O)CCCCC. The Morgan fingerprint density at radius 3 is 1.50 bits per heavy atom. The van der Waals surface area contributed by atoms with Crippen molar-refractivity contribution in [3.8, 4) is 0 Å². The number of unbranched alkanes of at least 4 members (excludes halogenated alkanes) is 4. The fourth-order valence-corrected chi connectivity index (χ4v) is 2.85. The molecule has 0 aromatic rings. The van der Waals surface area contributed by atoms with Crippen LogP contribution in [0.15, 0.2) is 0 Å². The first-order valence-corrected chi connectivity index (χ1v) is 9.57. The summed E-state index contributed by atoms with van der Waals surface area (Å²) < 4.78 is 22.0. The Labute approximate surface area is 135 Å². The van der Waals surface area contributed by atoms with Crippen molar-refractivity contribution in [2.24, 2.45) is 0 Å². The largest absolute Gasteiger partial charge is 0.320 e. The smallest absolute Gasteiger partial charge is 0.300 e. The molecule has 0 radical (unpaired) electrons. The maximum absolute atomic E-state index is 11.8. The average Bonchev–Trinajstić information content (AvgIpc) is 2.47. The molecular weight excluding hydrogens is 303 g/mol. The molecule has 0 aromatic carbocycles. The first-order chi connectivity index (χ1) is 10.4. The van der Waals surface area contributed by atoms with Crippen LogP contribution in [-0.2, 0) is 23.2 Å². The van der Waals surface area contributed by atoms with Crippen LogP contribution < -0.4 is 0 Å². The molecule has 0 rings (SSSR count). The van der Waals surface area contributed by atoms with Gasteiger partial charge in [-0.3, -0.25) is 23.2 Å². The van der Waals surface area contributed by atoms with Crippen LogP contribution in [0.25, 0.3) is 0 Å². The van der Waals surface area contributed by atoms with Gasteiger partial charge in [0, 0.05) is 12.8 Å². The lowest BCUT2D eigenvalue weighted by Gasteiger charge is -2.15. The molecule has 0 aliphatic rings. The summed E-state index contributed by atoms with van der Waals surface area (Å²) in [5.41, 5.74) is 0. The molecule has 2 atom stereocenters. The van der Waals surface area contributed by atoms with E-state index in [-0.39, 0.29) is 11.6 Å². The maximum atomic E-state index is 11.8. The number of carbonyl (C=O) groups is 2. The van der Waals surface area contributed by atoms with Gasteiger partial charge in [0.25, 0.3) is 0 Å². The summed E-state index contributed by atoms with van der Waals surface area (Å²) in [6, 6.07) is 0. The lowest BCUT2D eigenvalue weighted by atomic mass is 10.1. The van der Waals surface area contributed by atoms with Gasteiger partial charge in [-0.25, -0.2) is 0 Å². The number of rotatable bonds is 14. The van der Waals surface area contributed by atoms with Gasteiger partial charge in [-0.05, 0) is 26.7 Å². The van der Waals surface area contributed by atoms with Crippen LogP contribution >= 0.6 is 8.25 Å². The first kappa shape index (κ1) is 21.5. The fourth-order valence-electron chi connectivity index (χ4n) is 1.95. The minimum Gasteiger partial charge on any atom is -0.300 e. The topological polar surface area (TPSA) is 69.7 Å². The Morgan fingerprint density at radius 1 is 0.818 bits per heavy atom. The van der Waals surface area contributed by atoms with Gasteiger partial charge in [0.2, 0.25) is 0 Å². The van der Waals surface area contributed by atoms with Crippen LogP contribution in [0, 0.1) is 0 Å². The Hall–Kier alpha value is -0.510. The summed E-state index contributed by atoms with van der Waals surface area (Å²) in [6.07, 6.45) is 5.07. The van der Waals surface area contributed by atoms with E-state index in [1.165, 1.54) is 0 Å². The van der Waals surface area contributed by atoms with Crippen molar-refractivity contribution in [3.05, 3.63) is 0 Å². The quantitative estimate of drug-likeness (QED) is 0.346. The highest BCUT2D eigenvalue weighted by Gasteiger charge is 2.20. The van der Waals surface area contributed by atoms with Crippen molar-refractivity contribution in [1.29, 1.82) is 0 Å². The summed E-state index contributed by atoms with van der Waals surface area (Å²) in [7, 11) is -2.83. The second kappa shape index (κ2) is 13.0. The fraction of sp³-hybridized carbons (Fsp3) is 0.875. The molecule has 0 aromatic heterocycles. The van der Waals surface area contributed by atoms with Gasteiger partial charge in [0.05, 0.1) is 0 Å². The third-order valence-electron chi connectivity index (χ3n) is 3.51. The molecule has 22 heavy (non-hydrogen) atoms. The normalized spacial score (nSPS) is 15.3. The number of Topliss-reactive ketones (excluding diaryl/α,β-unsaturated/α-hetero) is 2. The molecule has 0 spiro atoms. The van der Waals surface area contributed by atoms with Crippen LogP contribution in [0.2, 0.25) is 0 Å². The Bertz CT molecular complexity index is 324. The van der Waals surface area contributed by atoms with Gasteiger partial charge >= 0.3 is 8.25 Å². The Balaban J connectivity index is 4.04. The number of hydrogen-bond acceptors (Lipinski definition) is 5. The van der Waals surface area contributed by atoms with E-state index in [9.17, 15) is 14.2 Å². The summed E-state index contributed by atoms with van der Waals surface area (Å²) in [5, 5.41) is 0. The monoisotopic (exact) mass is 334 g/mol. The van der Waals surface area contributed by atoms with Crippen molar-refractivity contribution < 1.29 is 23.2 Å². The van der Waals surface area contributed by atoms with Crippen molar-refractivity contribution in [3.63, 3.8) is 0 Å². The molecule has 0 aliphatic carbocycles. The zero-order valence-corrected chi connectivity index (χ0v) is 15.4. The zero-order chi connectivity index (χ0) is 17.0. The lowest BCUT2D eigenvalue weighted by Crippen LogP contribution is -2.21. The molecule has 0 bridgehead atoms. The van der Waals surface area contributed by atoms with E-state index in [4.69, 9.17) is 9.05 Å². The highest BCUT2D eigenvalue weighted by Crippen LogP contribution is 2.29. The minimum atomic E-state index is -2.83. The van der Waals surface area contributed by atoms with E-state index in [0.29, 0.717) is 12.8 Å². The van der Waals surface area contributed by atoms with Crippen LogP contribution in [-0.4, -0.2) is 23.8 Å². The Kier molecular flexibility index (Phi) is 12.7. The third kappa shape index (κ3) is 10.3. The Morgan fingerprint density at radius 2 is 1.18 bits per heavy atom. The van der Waals surface area contributed by atoms with Gasteiger partial charge in [0.15, 0.2) is 11.6 Å². The standard InChI is InChI=1S/C16H31O5P/c1-5-7-9-11-15(17)13(3)20-22(19)21-14(4)16(18)12-10-8-6-2/h13-14,22H,5-12H2,1-4H3. The second-order valence-electron chi connectivity index (χ2n) is 5.62. The van der Waals surface area contributed by atoms with Gasteiger partial charge in [-0.2, -0.15) is 0 Å². The molecule has 0 heterocycles. The summed E-state index contributed by atoms with van der Waals surface area (Å²) in [4.78, 5) is 23.6. The molecule has 6 heteroatoms. The molecule has 0 fully saturated rings. The predicted molar refractivity (Wildman–Crippen MR) is 88.4 cm³/mol. The van der Waals surface area contributed by atoms with Gasteiger partial charge in [-0.1, -0.05) is 39.5 Å². The first-order valence-electron chi connectivity index (χ1n) is 8.35. The molecule has 0 saturated carbocycles. The second-order valence-corrected chi connectivity index (χ2v) is 6.59. The third-order valence-corrected chi connectivity index (χ3v) is 4.60. The van der Waals surface area contributed by atoms with E-state index < -0.39 is 20.5 Å². The highest BCUT2D eigenvalue weighted by atomic mass is 31.1. The lowest BCUT2D eigenvalue weighted by molar-refractivity contribution is -0.126. The van der Waals surface area contributed by atoms with Gasteiger partial charge < -0.3 is 0 Å².